The maximum Gasteiger partial charge on any atom is 0.290 e. The highest BCUT2D eigenvalue weighted by Gasteiger charge is 2.43. The van der Waals surface area contributed by atoms with E-state index in [4.69, 9.17) is 9.40 Å². The average Bonchev–Trinajstić information content (AvgIpc) is 3.46. The molecule has 0 N–H and O–H groups in total. The second-order valence-corrected chi connectivity index (χ2v) is 12.8. The fraction of sp³-hybridized carbons (Fsp3) is 0.393. The van der Waals surface area contributed by atoms with Crippen molar-refractivity contribution >= 4 is 27.0 Å². The summed E-state index contributed by atoms with van der Waals surface area (Å²) in [6, 6.07) is 9.65. The van der Waals surface area contributed by atoms with Crippen LogP contribution >= 0.6 is 0 Å². The van der Waals surface area contributed by atoms with Gasteiger partial charge in [-0.2, -0.15) is 4.31 Å². The normalized spacial score (nSPS) is 16.4. The van der Waals surface area contributed by atoms with E-state index in [9.17, 15) is 17.6 Å². The zero-order valence-electron chi connectivity index (χ0n) is 22.9. The highest BCUT2D eigenvalue weighted by Crippen LogP contribution is 2.34. The molecule has 1 fully saturated rings. The third-order valence-corrected chi connectivity index (χ3v) is 9.27. The van der Waals surface area contributed by atoms with Crippen LogP contribution in [0.4, 0.5) is 4.39 Å². The van der Waals surface area contributed by atoms with Crippen molar-refractivity contribution in [3.05, 3.63) is 65.6 Å². The molecule has 1 saturated heterocycles. The number of rotatable bonds is 5. The van der Waals surface area contributed by atoms with Crippen LogP contribution in [0.2, 0.25) is 0 Å². The van der Waals surface area contributed by atoms with Gasteiger partial charge in [0.2, 0.25) is 0 Å². The molecule has 4 aromatic rings. The number of piperazine rings is 1. The third-order valence-electron chi connectivity index (χ3n) is 7.37. The van der Waals surface area contributed by atoms with E-state index in [-0.39, 0.29) is 48.1 Å². The Kier molecular flexibility index (Phi) is 6.62. The lowest BCUT2D eigenvalue weighted by atomic mass is 9.99. The van der Waals surface area contributed by atoms with Gasteiger partial charge < -0.3 is 13.9 Å². The van der Waals surface area contributed by atoms with E-state index in [1.165, 1.54) is 22.6 Å². The summed E-state index contributed by atoms with van der Waals surface area (Å²) in [5, 5.41) is 0.122. The van der Waals surface area contributed by atoms with Gasteiger partial charge >= 0.3 is 0 Å². The van der Waals surface area contributed by atoms with Crippen LogP contribution in [0.5, 0.6) is 0 Å². The van der Waals surface area contributed by atoms with Crippen molar-refractivity contribution in [3.8, 4) is 11.3 Å². The number of benzene rings is 1. The van der Waals surface area contributed by atoms with Crippen molar-refractivity contribution in [2.45, 2.75) is 51.1 Å². The molecule has 0 atom stereocenters. The van der Waals surface area contributed by atoms with Crippen molar-refractivity contribution in [1.82, 2.24) is 23.7 Å². The number of aromatic nitrogens is 3. The molecule has 39 heavy (non-hydrogen) atoms. The molecule has 0 bridgehead atoms. The number of imidazole rings is 1. The number of fused-ring (bicyclic) bond motifs is 1. The van der Waals surface area contributed by atoms with Gasteiger partial charge in [-0.15, -0.1) is 0 Å². The molecule has 1 aromatic carbocycles. The molecular formula is C28H32FN5O4S. The van der Waals surface area contributed by atoms with Gasteiger partial charge in [-0.05, 0) is 57.0 Å². The Morgan fingerprint density at radius 2 is 1.82 bits per heavy atom. The monoisotopic (exact) mass is 553 g/mol. The number of pyridine rings is 1. The van der Waals surface area contributed by atoms with Gasteiger partial charge in [0.15, 0.2) is 16.4 Å². The first-order chi connectivity index (χ1) is 18.3. The number of halogens is 1. The standard InChI is InChI=1S/C28H32FN5O4S/c1-17(2)21-13-22(19-7-9-20(29)10-8-19)31-23-14-24(38-26(21)23)27(35)34-12-11-33(16-28(34,4)5)39(36,37)25-15-30-18(3)32(25)6/h7-10,13-15,17H,11-12,16H2,1-6H3. The number of amides is 1. The molecule has 0 radical (unpaired) electrons. The minimum absolute atomic E-state index is 0.0876. The molecule has 5 rings (SSSR count). The first-order valence-electron chi connectivity index (χ1n) is 12.8. The van der Waals surface area contributed by atoms with E-state index in [1.54, 1.807) is 41.6 Å². The maximum absolute atomic E-state index is 13.7. The van der Waals surface area contributed by atoms with Crippen LogP contribution in [0.3, 0.4) is 0 Å². The number of furan rings is 1. The highest BCUT2D eigenvalue weighted by molar-refractivity contribution is 7.89. The highest BCUT2D eigenvalue weighted by atomic mass is 32.2. The van der Waals surface area contributed by atoms with Crippen LogP contribution in [-0.2, 0) is 17.1 Å². The van der Waals surface area contributed by atoms with E-state index < -0.39 is 15.6 Å². The second-order valence-electron chi connectivity index (χ2n) is 10.9. The van der Waals surface area contributed by atoms with Gasteiger partial charge in [-0.1, -0.05) is 13.8 Å². The summed E-state index contributed by atoms with van der Waals surface area (Å²) in [6.07, 6.45) is 1.36. The number of nitrogens with zero attached hydrogens (tertiary/aromatic N) is 5. The molecule has 0 aliphatic carbocycles. The quantitative estimate of drug-likeness (QED) is 0.354. The van der Waals surface area contributed by atoms with Crippen LogP contribution in [0.25, 0.3) is 22.4 Å². The Balaban J connectivity index is 1.45. The van der Waals surface area contributed by atoms with Gasteiger partial charge in [0.05, 0.1) is 17.4 Å². The van der Waals surface area contributed by atoms with Gasteiger partial charge in [0.1, 0.15) is 17.2 Å². The predicted octanol–water partition coefficient (Wildman–Crippen LogP) is 4.72. The van der Waals surface area contributed by atoms with Gasteiger partial charge in [-0.3, -0.25) is 4.79 Å². The number of carbonyl (C=O) groups excluding carboxylic acids is 1. The zero-order chi connectivity index (χ0) is 28.3. The number of aryl methyl sites for hydroxylation is 1. The van der Waals surface area contributed by atoms with Crippen LogP contribution in [0, 0.1) is 12.7 Å². The average molecular weight is 554 g/mol. The number of carbonyl (C=O) groups is 1. The molecule has 0 spiro atoms. The van der Waals surface area contributed by atoms with E-state index >= 15 is 0 Å². The minimum Gasteiger partial charge on any atom is -0.449 e. The van der Waals surface area contributed by atoms with Gasteiger partial charge in [0, 0.05) is 43.9 Å². The van der Waals surface area contributed by atoms with Crippen LogP contribution < -0.4 is 0 Å². The molecule has 3 aromatic heterocycles. The molecular weight excluding hydrogens is 521 g/mol. The smallest absolute Gasteiger partial charge is 0.290 e. The van der Waals surface area contributed by atoms with E-state index in [0.29, 0.717) is 22.6 Å². The summed E-state index contributed by atoms with van der Waals surface area (Å²) in [6.45, 7) is 9.95. The van der Waals surface area contributed by atoms with Crippen molar-refractivity contribution in [2.75, 3.05) is 19.6 Å². The van der Waals surface area contributed by atoms with E-state index in [1.807, 2.05) is 33.8 Å². The third kappa shape index (κ3) is 4.74. The Hall–Kier alpha value is -3.57. The van der Waals surface area contributed by atoms with Crippen molar-refractivity contribution < 1.29 is 22.0 Å². The lowest BCUT2D eigenvalue weighted by molar-refractivity contribution is 0.0325. The summed E-state index contributed by atoms with van der Waals surface area (Å²) in [4.78, 5) is 24.2. The number of sulfonamides is 1. The molecule has 9 nitrogen and oxygen atoms in total. The lowest BCUT2D eigenvalue weighted by Crippen LogP contribution is -2.62. The molecule has 4 heterocycles. The van der Waals surface area contributed by atoms with Gasteiger partial charge in [0.25, 0.3) is 15.9 Å². The summed E-state index contributed by atoms with van der Waals surface area (Å²) in [7, 11) is -2.12. The topological polar surface area (TPSA) is 102 Å². The molecule has 0 saturated carbocycles. The first kappa shape index (κ1) is 27.0. The van der Waals surface area contributed by atoms with Crippen LogP contribution in [0.1, 0.15) is 55.6 Å². The lowest BCUT2D eigenvalue weighted by Gasteiger charge is -2.46. The minimum atomic E-state index is -3.79. The largest absolute Gasteiger partial charge is 0.449 e. The molecule has 1 aliphatic heterocycles. The maximum atomic E-state index is 13.7. The predicted molar refractivity (Wildman–Crippen MR) is 145 cm³/mol. The summed E-state index contributed by atoms with van der Waals surface area (Å²) in [5.41, 5.74) is 2.58. The van der Waals surface area contributed by atoms with Crippen molar-refractivity contribution in [1.29, 1.82) is 0 Å². The van der Waals surface area contributed by atoms with Crippen LogP contribution in [-0.4, -0.2) is 63.2 Å². The van der Waals surface area contributed by atoms with Crippen LogP contribution in [0.15, 0.2) is 52.0 Å². The molecule has 1 aliphatic rings. The van der Waals surface area contributed by atoms with Crippen molar-refractivity contribution in [3.63, 3.8) is 0 Å². The zero-order valence-corrected chi connectivity index (χ0v) is 23.7. The number of hydrogen-bond acceptors (Lipinski definition) is 6. The fourth-order valence-corrected chi connectivity index (χ4v) is 6.76. The Bertz CT molecular complexity index is 1670. The SMILES string of the molecule is Cc1ncc(S(=O)(=O)N2CCN(C(=O)c3cc4nc(-c5ccc(F)cc5)cc(C(C)C)c4o3)C(C)(C)C2)n1C. The molecule has 1 amide bonds. The summed E-state index contributed by atoms with van der Waals surface area (Å²) >= 11 is 0. The van der Waals surface area contributed by atoms with Gasteiger partial charge in [-0.25, -0.2) is 22.8 Å². The Morgan fingerprint density at radius 3 is 2.41 bits per heavy atom. The fourth-order valence-electron chi connectivity index (χ4n) is 5.03. The Labute approximate surface area is 227 Å². The Morgan fingerprint density at radius 1 is 1.13 bits per heavy atom. The first-order valence-corrected chi connectivity index (χ1v) is 14.2. The molecule has 11 heteroatoms. The molecule has 206 valence electrons. The summed E-state index contributed by atoms with van der Waals surface area (Å²) < 4.78 is 49.2. The molecule has 0 unspecified atom stereocenters. The van der Waals surface area contributed by atoms with E-state index in [2.05, 4.69) is 4.98 Å². The van der Waals surface area contributed by atoms with E-state index in [0.717, 1.165) is 11.1 Å². The van der Waals surface area contributed by atoms with Crippen molar-refractivity contribution in [2.24, 2.45) is 7.05 Å². The summed E-state index contributed by atoms with van der Waals surface area (Å²) in [5.74, 6) is 0.172. The number of hydrogen-bond donors (Lipinski definition) is 0. The second kappa shape index (κ2) is 9.56.